The highest BCUT2D eigenvalue weighted by molar-refractivity contribution is 6.03. The van der Waals surface area contributed by atoms with E-state index in [0.29, 0.717) is 39.2 Å². The van der Waals surface area contributed by atoms with Crippen LogP contribution in [-0.4, -0.2) is 55.5 Å². The molecule has 0 aliphatic carbocycles. The van der Waals surface area contributed by atoms with E-state index in [2.05, 4.69) is 0 Å². The summed E-state index contributed by atoms with van der Waals surface area (Å²) in [7, 11) is 0. The molecule has 6 heteroatoms. The normalized spacial score (nSPS) is 18.9. The lowest BCUT2D eigenvalue weighted by Gasteiger charge is -2.14. The lowest BCUT2D eigenvalue weighted by Crippen LogP contribution is -2.34. The molecule has 2 amide bonds. The second-order valence-electron chi connectivity index (χ2n) is 5.48. The molecule has 0 spiro atoms. The number of nitrogens with zero attached hydrogens (tertiary/aromatic N) is 1. The number of rotatable bonds is 10. The van der Waals surface area contributed by atoms with Crippen molar-refractivity contribution in [3.63, 3.8) is 0 Å². The summed E-state index contributed by atoms with van der Waals surface area (Å²) < 4.78 is 10.5. The zero-order valence-electron chi connectivity index (χ0n) is 13.1. The SMILES string of the molecule is CCC1CC(=O)N(CCOCCOCC(=O)C(C)C)C1=O. The minimum absolute atomic E-state index is 0.0235. The van der Waals surface area contributed by atoms with Crippen LogP contribution in [0.15, 0.2) is 0 Å². The molecule has 0 aromatic rings. The Morgan fingerprint density at radius 2 is 1.90 bits per heavy atom. The van der Waals surface area contributed by atoms with Gasteiger partial charge in [0.1, 0.15) is 6.61 Å². The van der Waals surface area contributed by atoms with Gasteiger partial charge < -0.3 is 9.47 Å². The van der Waals surface area contributed by atoms with Crippen LogP contribution in [-0.2, 0) is 23.9 Å². The van der Waals surface area contributed by atoms with E-state index < -0.39 is 0 Å². The van der Waals surface area contributed by atoms with Gasteiger partial charge >= 0.3 is 0 Å². The van der Waals surface area contributed by atoms with Gasteiger partial charge in [-0.25, -0.2) is 0 Å². The van der Waals surface area contributed by atoms with Crippen LogP contribution < -0.4 is 0 Å². The molecule has 0 bridgehead atoms. The number of ether oxygens (including phenoxy) is 2. The van der Waals surface area contributed by atoms with Crippen LogP contribution >= 0.6 is 0 Å². The summed E-state index contributed by atoms with van der Waals surface area (Å²) in [6, 6.07) is 0. The van der Waals surface area contributed by atoms with Crippen molar-refractivity contribution in [2.45, 2.75) is 33.6 Å². The molecule has 0 aromatic carbocycles. The van der Waals surface area contributed by atoms with Crippen molar-refractivity contribution in [1.29, 1.82) is 0 Å². The molecule has 1 atom stereocenters. The number of hydrogen-bond acceptors (Lipinski definition) is 5. The predicted molar refractivity (Wildman–Crippen MR) is 76.6 cm³/mol. The van der Waals surface area contributed by atoms with Gasteiger partial charge in [-0.3, -0.25) is 19.3 Å². The molecule has 1 rings (SSSR count). The number of carbonyl (C=O) groups is 3. The molecule has 1 saturated heterocycles. The Kier molecular flexibility index (Phi) is 7.53. The van der Waals surface area contributed by atoms with E-state index in [1.54, 1.807) is 0 Å². The number of hydrogen-bond donors (Lipinski definition) is 0. The molecular formula is C15H25NO5. The van der Waals surface area contributed by atoms with E-state index in [0.717, 1.165) is 0 Å². The maximum Gasteiger partial charge on any atom is 0.232 e. The summed E-state index contributed by atoms with van der Waals surface area (Å²) in [6.07, 6.45) is 1.01. The van der Waals surface area contributed by atoms with Crippen molar-refractivity contribution < 1.29 is 23.9 Å². The number of carbonyl (C=O) groups excluding carboxylic acids is 3. The molecule has 120 valence electrons. The fourth-order valence-corrected chi connectivity index (χ4v) is 2.02. The number of likely N-dealkylation sites (tertiary alicyclic amines) is 1. The first kappa shape index (κ1) is 17.8. The molecule has 0 saturated carbocycles. The summed E-state index contributed by atoms with van der Waals surface area (Å²) in [5.41, 5.74) is 0. The Labute approximate surface area is 125 Å². The molecule has 0 aromatic heterocycles. The highest BCUT2D eigenvalue weighted by Crippen LogP contribution is 2.21. The van der Waals surface area contributed by atoms with Crippen LogP contribution in [0.25, 0.3) is 0 Å². The van der Waals surface area contributed by atoms with E-state index in [9.17, 15) is 14.4 Å². The maximum atomic E-state index is 11.8. The van der Waals surface area contributed by atoms with Crippen molar-refractivity contribution >= 4 is 17.6 Å². The van der Waals surface area contributed by atoms with Gasteiger partial charge in [0.05, 0.1) is 26.4 Å². The molecule has 1 unspecified atom stereocenters. The zero-order valence-corrected chi connectivity index (χ0v) is 13.1. The Balaban J connectivity index is 2.08. The number of amides is 2. The van der Waals surface area contributed by atoms with E-state index in [1.165, 1.54) is 4.90 Å². The number of ketones is 1. The Hall–Kier alpha value is -1.27. The Morgan fingerprint density at radius 1 is 1.24 bits per heavy atom. The number of Topliss-reactive ketones (excluding diaryl/α,β-unsaturated/α-hetero) is 1. The molecule has 21 heavy (non-hydrogen) atoms. The first-order valence-electron chi connectivity index (χ1n) is 7.49. The second kappa shape index (κ2) is 8.89. The van der Waals surface area contributed by atoms with E-state index in [4.69, 9.17) is 9.47 Å². The van der Waals surface area contributed by atoms with Gasteiger partial charge in [-0.05, 0) is 6.42 Å². The number of imide groups is 1. The molecule has 1 heterocycles. The van der Waals surface area contributed by atoms with Crippen molar-refractivity contribution in [3.8, 4) is 0 Å². The minimum Gasteiger partial charge on any atom is -0.377 e. The smallest absolute Gasteiger partial charge is 0.232 e. The van der Waals surface area contributed by atoms with Crippen molar-refractivity contribution in [2.24, 2.45) is 11.8 Å². The predicted octanol–water partition coefficient (Wildman–Crippen LogP) is 1.03. The first-order chi connectivity index (χ1) is 9.97. The van der Waals surface area contributed by atoms with Gasteiger partial charge in [-0.15, -0.1) is 0 Å². The lowest BCUT2D eigenvalue weighted by atomic mass is 10.1. The van der Waals surface area contributed by atoms with Crippen LogP contribution in [0.1, 0.15) is 33.6 Å². The third-order valence-corrected chi connectivity index (χ3v) is 3.55. The zero-order chi connectivity index (χ0) is 15.8. The van der Waals surface area contributed by atoms with E-state index in [-0.39, 0.29) is 36.0 Å². The van der Waals surface area contributed by atoms with E-state index >= 15 is 0 Å². The molecular weight excluding hydrogens is 274 g/mol. The third-order valence-electron chi connectivity index (χ3n) is 3.55. The topological polar surface area (TPSA) is 72.9 Å². The highest BCUT2D eigenvalue weighted by Gasteiger charge is 2.36. The quantitative estimate of drug-likeness (QED) is 0.445. The maximum absolute atomic E-state index is 11.8. The van der Waals surface area contributed by atoms with Crippen molar-refractivity contribution in [2.75, 3.05) is 33.0 Å². The molecule has 1 aliphatic rings. The highest BCUT2D eigenvalue weighted by atomic mass is 16.5. The average Bonchev–Trinajstić information content (AvgIpc) is 2.72. The standard InChI is InChI=1S/C15H25NO5/c1-4-12-9-14(18)16(15(12)19)5-6-20-7-8-21-10-13(17)11(2)3/h11-12H,4-10H2,1-3H3. The molecule has 1 aliphatic heterocycles. The van der Waals surface area contributed by atoms with Crippen LogP contribution in [0, 0.1) is 11.8 Å². The summed E-state index contributed by atoms with van der Waals surface area (Å²) >= 11 is 0. The van der Waals surface area contributed by atoms with Gasteiger partial charge in [-0.1, -0.05) is 20.8 Å². The van der Waals surface area contributed by atoms with Crippen molar-refractivity contribution in [1.82, 2.24) is 4.90 Å². The fraction of sp³-hybridized carbons (Fsp3) is 0.800. The Bertz CT molecular complexity index is 380. The van der Waals surface area contributed by atoms with Crippen LogP contribution in [0.2, 0.25) is 0 Å². The molecule has 6 nitrogen and oxygen atoms in total. The molecule has 0 N–H and O–H groups in total. The van der Waals surface area contributed by atoms with Gasteiger partial charge in [0.25, 0.3) is 0 Å². The fourth-order valence-electron chi connectivity index (χ4n) is 2.02. The van der Waals surface area contributed by atoms with Gasteiger partial charge in [-0.2, -0.15) is 0 Å². The largest absolute Gasteiger partial charge is 0.377 e. The van der Waals surface area contributed by atoms with Crippen molar-refractivity contribution in [3.05, 3.63) is 0 Å². The van der Waals surface area contributed by atoms with Crippen LogP contribution in [0.4, 0.5) is 0 Å². The summed E-state index contributed by atoms with van der Waals surface area (Å²) in [4.78, 5) is 36.1. The van der Waals surface area contributed by atoms with Crippen LogP contribution in [0.3, 0.4) is 0 Å². The van der Waals surface area contributed by atoms with Gasteiger partial charge in [0.15, 0.2) is 5.78 Å². The van der Waals surface area contributed by atoms with Gasteiger partial charge in [0.2, 0.25) is 11.8 Å². The molecule has 0 radical (unpaired) electrons. The monoisotopic (exact) mass is 299 g/mol. The van der Waals surface area contributed by atoms with Gasteiger partial charge in [0, 0.05) is 18.3 Å². The summed E-state index contributed by atoms with van der Waals surface area (Å²) in [5.74, 6) is -0.333. The average molecular weight is 299 g/mol. The first-order valence-corrected chi connectivity index (χ1v) is 7.49. The summed E-state index contributed by atoms with van der Waals surface area (Å²) in [5, 5.41) is 0. The minimum atomic E-state index is -0.164. The third kappa shape index (κ3) is 5.55. The second-order valence-corrected chi connectivity index (χ2v) is 5.48. The van der Waals surface area contributed by atoms with Crippen LogP contribution in [0.5, 0.6) is 0 Å². The lowest BCUT2D eigenvalue weighted by molar-refractivity contribution is -0.140. The summed E-state index contributed by atoms with van der Waals surface area (Å²) in [6.45, 7) is 6.94. The Morgan fingerprint density at radius 3 is 2.48 bits per heavy atom. The van der Waals surface area contributed by atoms with E-state index in [1.807, 2.05) is 20.8 Å². The molecule has 1 fully saturated rings.